The molecular weight excluding hydrogens is 274 g/mol. The third-order valence-corrected chi connectivity index (χ3v) is 5.07. The number of fused-ring (bicyclic) bond motifs is 1. The normalized spacial score (nSPS) is 12.7. The zero-order chi connectivity index (χ0) is 14.8. The third kappa shape index (κ3) is 2.87. The van der Waals surface area contributed by atoms with E-state index in [0.717, 1.165) is 6.54 Å². The maximum atomic E-state index is 3.64. The van der Waals surface area contributed by atoms with Crippen LogP contribution < -0.4 is 5.32 Å². The van der Waals surface area contributed by atoms with Crippen molar-refractivity contribution in [1.29, 1.82) is 0 Å². The van der Waals surface area contributed by atoms with Crippen LogP contribution >= 0.6 is 11.3 Å². The van der Waals surface area contributed by atoms with E-state index >= 15 is 0 Å². The molecule has 1 unspecified atom stereocenters. The second kappa shape index (κ2) is 6.00. The number of benzene rings is 2. The summed E-state index contributed by atoms with van der Waals surface area (Å²) in [6.45, 7) is 7.53. The topological polar surface area (TPSA) is 12.0 Å². The molecule has 0 amide bonds. The van der Waals surface area contributed by atoms with Crippen LogP contribution in [0.5, 0.6) is 0 Å². The van der Waals surface area contributed by atoms with Crippen molar-refractivity contribution in [2.75, 3.05) is 6.54 Å². The Hall–Kier alpha value is -1.64. The van der Waals surface area contributed by atoms with Crippen LogP contribution in [-0.4, -0.2) is 6.54 Å². The fraction of sp³-hybridized carbons (Fsp3) is 0.263. The molecule has 0 saturated carbocycles. The first-order valence-electron chi connectivity index (χ1n) is 7.48. The molecule has 1 heterocycles. The van der Waals surface area contributed by atoms with Gasteiger partial charge >= 0.3 is 0 Å². The highest BCUT2D eigenvalue weighted by molar-refractivity contribution is 7.12. The quantitative estimate of drug-likeness (QED) is 0.696. The van der Waals surface area contributed by atoms with Gasteiger partial charge in [-0.3, -0.25) is 0 Å². The second-order valence-electron chi connectivity index (χ2n) is 5.50. The molecule has 1 nitrogen and oxygen atoms in total. The summed E-state index contributed by atoms with van der Waals surface area (Å²) >= 11 is 1.90. The van der Waals surface area contributed by atoms with Crippen LogP contribution in [0.1, 0.15) is 33.8 Å². The molecule has 2 heteroatoms. The van der Waals surface area contributed by atoms with Gasteiger partial charge in [-0.2, -0.15) is 0 Å². The van der Waals surface area contributed by atoms with E-state index < -0.39 is 0 Å². The zero-order valence-corrected chi connectivity index (χ0v) is 13.6. The van der Waals surface area contributed by atoms with Crippen LogP contribution in [0.4, 0.5) is 0 Å². The van der Waals surface area contributed by atoms with Crippen LogP contribution in [0.3, 0.4) is 0 Å². The molecule has 1 atom stereocenters. The van der Waals surface area contributed by atoms with E-state index in [1.54, 1.807) is 0 Å². The molecule has 0 fully saturated rings. The predicted molar refractivity (Wildman–Crippen MR) is 93.3 cm³/mol. The Bertz CT molecular complexity index is 757. The second-order valence-corrected chi connectivity index (χ2v) is 6.79. The summed E-state index contributed by atoms with van der Waals surface area (Å²) in [5.74, 6) is 0. The van der Waals surface area contributed by atoms with Gasteiger partial charge in [0.2, 0.25) is 0 Å². The maximum absolute atomic E-state index is 3.64. The van der Waals surface area contributed by atoms with Crippen LogP contribution in [0.25, 0.3) is 10.8 Å². The van der Waals surface area contributed by atoms with Gasteiger partial charge in [-0.25, -0.2) is 0 Å². The molecule has 0 radical (unpaired) electrons. The van der Waals surface area contributed by atoms with E-state index in [1.807, 2.05) is 11.3 Å². The number of aryl methyl sites for hydroxylation is 2. The average molecular weight is 295 g/mol. The molecule has 2 aromatic carbocycles. The molecule has 1 N–H and O–H groups in total. The predicted octanol–water partition coefficient (Wildman–Crippen LogP) is 5.22. The number of hydrogen-bond donors (Lipinski definition) is 1. The minimum atomic E-state index is 0.290. The zero-order valence-electron chi connectivity index (χ0n) is 12.8. The molecule has 1 aromatic heterocycles. The highest BCUT2D eigenvalue weighted by Crippen LogP contribution is 2.33. The van der Waals surface area contributed by atoms with E-state index in [-0.39, 0.29) is 0 Å². The third-order valence-electron chi connectivity index (χ3n) is 3.86. The summed E-state index contributed by atoms with van der Waals surface area (Å²) in [6.07, 6.45) is 0. The van der Waals surface area contributed by atoms with Crippen molar-refractivity contribution >= 4 is 22.1 Å². The summed E-state index contributed by atoms with van der Waals surface area (Å²) in [4.78, 5) is 2.82. The van der Waals surface area contributed by atoms with Crippen LogP contribution in [0.2, 0.25) is 0 Å². The molecule has 0 aliphatic heterocycles. The van der Waals surface area contributed by atoms with Gasteiger partial charge in [-0.1, -0.05) is 43.3 Å². The minimum Gasteiger partial charge on any atom is -0.306 e. The molecule has 0 bridgehead atoms. The van der Waals surface area contributed by atoms with Gasteiger partial charge in [0.1, 0.15) is 0 Å². The molecule has 0 aliphatic carbocycles. The van der Waals surface area contributed by atoms with Crippen molar-refractivity contribution in [3.05, 3.63) is 69.4 Å². The minimum absolute atomic E-state index is 0.290. The fourth-order valence-electron chi connectivity index (χ4n) is 2.90. The highest BCUT2D eigenvalue weighted by Gasteiger charge is 2.17. The average Bonchev–Trinajstić information content (AvgIpc) is 2.83. The van der Waals surface area contributed by atoms with Gasteiger partial charge in [0.05, 0.1) is 6.04 Å². The van der Waals surface area contributed by atoms with E-state index in [4.69, 9.17) is 0 Å². The first-order valence-corrected chi connectivity index (χ1v) is 8.29. The molecule has 0 saturated heterocycles. The van der Waals surface area contributed by atoms with Crippen molar-refractivity contribution in [3.63, 3.8) is 0 Å². The van der Waals surface area contributed by atoms with E-state index in [2.05, 4.69) is 74.6 Å². The molecule has 21 heavy (non-hydrogen) atoms. The van der Waals surface area contributed by atoms with Gasteiger partial charge in [0.25, 0.3) is 0 Å². The Balaban J connectivity index is 2.08. The van der Waals surface area contributed by atoms with Crippen LogP contribution in [-0.2, 0) is 0 Å². The van der Waals surface area contributed by atoms with E-state index in [9.17, 15) is 0 Å². The Morgan fingerprint density at radius 1 is 1.00 bits per heavy atom. The number of nitrogens with one attached hydrogen (secondary N) is 1. The summed E-state index contributed by atoms with van der Waals surface area (Å²) in [5, 5.41) is 6.26. The Morgan fingerprint density at radius 2 is 1.76 bits per heavy atom. The molecule has 0 spiro atoms. The fourth-order valence-corrected chi connectivity index (χ4v) is 4.04. The highest BCUT2D eigenvalue weighted by atomic mass is 32.1. The monoisotopic (exact) mass is 295 g/mol. The van der Waals surface area contributed by atoms with Crippen LogP contribution in [0.15, 0.2) is 48.5 Å². The summed E-state index contributed by atoms with van der Waals surface area (Å²) in [6, 6.07) is 17.9. The summed E-state index contributed by atoms with van der Waals surface area (Å²) in [7, 11) is 0. The summed E-state index contributed by atoms with van der Waals surface area (Å²) in [5.41, 5.74) is 2.73. The van der Waals surface area contributed by atoms with Gasteiger partial charge in [0.15, 0.2) is 0 Å². The van der Waals surface area contributed by atoms with E-state index in [1.165, 1.54) is 31.7 Å². The van der Waals surface area contributed by atoms with Crippen molar-refractivity contribution in [3.8, 4) is 0 Å². The lowest BCUT2D eigenvalue weighted by atomic mass is 9.99. The van der Waals surface area contributed by atoms with Gasteiger partial charge < -0.3 is 5.32 Å². The molecule has 108 valence electrons. The lowest BCUT2D eigenvalue weighted by Gasteiger charge is -2.19. The molecule has 0 aliphatic rings. The van der Waals surface area contributed by atoms with Crippen molar-refractivity contribution in [1.82, 2.24) is 5.32 Å². The van der Waals surface area contributed by atoms with Gasteiger partial charge in [-0.05, 0) is 54.4 Å². The van der Waals surface area contributed by atoms with Gasteiger partial charge in [0, 0.05) is 9.75 Å². The lowest BCUT2D eigenvalue weighted by molar-refractivity contribution is 0.638. The largest absolute Gasteiger partial charge is 0.306 e. The van der Waals surface area contributed by atoms with Crippen molar-refractivity contribution in [2.24, 2.45) is 0 Å². The summed E-state index contributed by atoms with van der Waals surface area (Å²) < 4.78 is 0. The first-order chi connectivity index (χ1) is 10.2. The first kappa shape index (κ1) is 14.3. The molecule has 3 rings (SSSR count). The molecule has 3 aromatic rings. The number of thiophene rings is 1. The molecular formula is C19H21NS. The van der Waals surface area contributed by atoms with E-state index in [0.29, 0.717) is 6.04 Å². The maximum Gasteiger partial charge on any atom is 0.0673 e. The standard InChI is InChI=1S/C19H21NS/c1-4-20-18(19-13(2)11-14(3)21-19)17-10-9-15-7-5-6-8-16(15)12-17/h5-12,18,20H,4H2,1-3H3. The smallest absolute Gasteiger partial charge is 0.0673 e. The SMILES string of the molecule is CCNC(c1ccc2ccccc2c1)c1sc(C)cc1C. The van der Waals surface area contributed by atoms with Gasteiger partial charge in [-0.15, -0.1) is 11.3 Å². The number of hydrogen-bond acceptors (Lipinski definition) is 2. The van der Waals surface area contributed by atoms with Crippen LogP contribution in [0, 0.1) is 13.8 Å². The Kier molecular flexibility index (Phi) is 4.09. The van der Waals surface area contributed by atoms with Crippen molar-refractivity contribution in [2.45, 2.75) is 26.8 Å². The van der Waals surface area contributed by atoms with Crippen molar-refractivity contribution < 1.29 is 0 Å². The lowest BCUT2D eigenvalue weighted by Crippen LogP contribution is -2.21. The Morgan fingerprint density at radius 3 is 2.43 bits per heavy atom. The Labute approximate surface area is 130 Å². The number of rotatable bonds is 4.